The van der Waals surface area contributed by atoms with Gasteiger partial charge in [0.25, 0.3) is 0 Å². The lowest BCUT2D eigenvalue weighted by atomic mass is 9.97. The first-order valence-corrected chi connectivity index (χ1v) is 6.93. The molecule has 2 saturated heterocycles. The van der Waals surface area contributed by atoms with Gasteiger partial charge in [0.2, 0.25) is 5.88 Å². The monoisotopic (exact) mass is 263 g/mol. The first-order valence-electron chi connectivity index (χ1n) is 6.93. The highest BCUT2D eigenvalue weighted by Crippen LogP contribution is 2.30. The van der Waals surface area contributed by atoms with E-state index in [-0.39, 0.29) is 0 Å². The third-order valence-electron chi connectivity index (χ3n) is 4.20. The van der Waals surface area contributed by atoms with Gasteiger partial charge in [-0.25, -0.2) is 4.98 Å². The second-order valence-electron chi connectivity index (χ2n) is 5.34. The number of fused-ring (bicyclic) bond motifs is 1. The fourth-order valence-corrected chi connectivity index (χ4v) is 3.21. The zero-order chi connectivity index (χ0) is 13.2. The van der Waals surface area contributed by atoms with Crippen LogP contribution in [0.25, 0.3) is 0 Å². The van der Waals surface area contributed by atoms with Crippen molar-refractivity contribution in [1.82, 2.24) is 14.9 Å². The van der Waals surface area contributed by atoms with Crippen molar-refractivity contribution < 1.29 is 4.74 Å². The van der Waals surface area contributed by atoms with Crippen molar-refractivity contribution in [3.8, 4) is 5.88 Å². The summed E-state index contributed by atoms with van der Waals surface area (Å²) < 4.78 is 5.12. The molecule has 1 aromatic rings. The van der Waals surface area contributed by atoms with Crippen LogP contribution in [-0.4, -0.2) is 47.2 Å². The molecule has 0 spiro atoms. The number of nitrogens with zero attached hydrogens (tertiary/aromatic N) is 3. The van der Waals surface area contributed by atoms with E-state index in [1.807, 2.05) is 0 Å². The average Bonchev–Trinajstić information content (AvgIpc) is 2.88. The number of rotatable bonds is 3. The standard InChI is InChI=1S/C13H21N5O/c1-19-13-11(14)12(15-8-16-13)17-9-4-6-18-5-2-3-10(18)7-9/h8-10H,2-7,14H2,1H3,(H,15,16,17). The van der Waals surface area contributed by atoms with E-state index in [0.29, 0.717) is 23.4 Å². The molecule has 0 saturated carbocycles. The van der Waals surface area contributed by atoms with Gasteiger partial charge in [0, 0.05) is 18.6 Å². The fraction of sp³-hybridized carbons (Fsp3) is 0.692. The summed E-state index contributed by atoms with van der Waals surface area (Å²) in [5, 5.41) is 3.45. The Morgan fingerprint density at radius 3 is 3.11 bits per heavy atom. The highest BCUT2D eigenvalue weighted by Gasteiger charge is 2.32. The number of nitrogens with two attached hydrogens (primary N) is 1. The van der Waals surface area contributed by atoms with Gasteiger partial charge in [-0.2, -0.15) is 4.98 Å². The zero-order valence-electron chi connectivity index (χ0n) is 11.3. The number of nitrogen functional groups attached to an aromatic ring is 1. The minimum Gasteiger partial charge on any atom is -0.479 e. The highest BCUT2D eigenvalue weighted by molar-refractivity contribution is 5.66. The van der Waals surface area contributed by atoms with Gasteiger partial charge in [-0.05, 0) is 32.2 Å². The summed E-state index contributed by atoms with van der Waals surface area (Å²) in [4.78, 5) is 10.8. The van der Waals surface area contributed by atoms with Crippen LogP contribution in [0.2, 0.25) is 0 Å². The SMILES string of the molecule is COc1ncnc(NC2CCN3CCCC3C2)c1N. The Morgan fingerprint density at radius 2 is 2.26 bits per heavy atom. The maximum absolute atomic E-state index is 5.99. The zero-order valence-corrected chi connectivity index (χ0v) is 11.3. The predicted molar refractivity (Wildman–Crippen MR) is 74.2 cm³/mol. The van der Waals surface area contributed by atoms with Crippen LogP contribution in [0.15, 0.2) is 6.33 Å². The largest absolute Gasteiger partial charge is 0.479 e. The third-order valence-corrected chi connectivity index (χ3v) is 4.20. The molecule has 2 atom stereocenters. The van der Waals surface area contributed by atoms with Crippen LogP contribution < -0.4 is 15.8 Å². The maximum atomic E-state index is 5.99. The van der Waals surface area contributed by atoms with E-state index in [9.17, 15) is 0 Å². The maximum Gasteiger partial charge on any atom is 0.242 e. The van der Waals surface area contributed by atoms with Crippen molar-refractivity contribution in [2.75, 3.05) is 31.2 Å². The van der Waals surface area contributed by atoms with E-state index in [2.05, 4.69) is 20.2 Å². The second kappa shape index (κ2) is 5.21. The second-order valence-corrected chi connectivity index (χ2v) is 5.34. The van der Waals surface area contributed by atoms with Crippen LogP contribution in [0.4, 0.5) is 11.5 Å². The van der Waals surface area contributed by atoms with Crippen LogP contribution in [0, 0.1) is 0 Å². The fourth-order valence-electron chi connectivity index (χ4n) is 3.21. The molecule has 3 rings (SSSR count). The number of hydrogen-bond donors (Lipinski definition) is 2. The Labute approximate surface area is 113 Å². The molecule has 0 radical (unpaired) electrons. The smallest absolute Gasteiger partial charge is 0.242 e. The lowest BCUT2D eigenvalue weighted by Crippen LogP contribution is -2.42. The minimum atomic E-state index is 0.441. The van der Waals surface area contributed by atoms with Crippen LogP contribution in [-0.2, 0) is 0 Å². The Balaban J connectivity index is 1.68. The van der Waals surface area contributed by atoms with Crippen molar-refractivity contribution in [2.45, 2.75) is 37.8 Å². The van der Waals surface area contributed by atoms with E-state index in [1.54, 1.807) is 7.11 Å². The van der Waals surface area contributed by atoms with Crippen LogP contribution in [0.5, 0.6) is 5.88 Å². The average molecular weight is 263 g/mol. The van der Waals surface area contributed by atoms with E-state index in [0.717, 1.165) is 12.5 Å². The number of nitrogens with one attached hydrogen (secondary N) is 1. The van der Waals surface area contributed by atoms with Crippen molar-refractivity contribution in [2.24, 2.45) is 0 Å². The molecule has 0 amide bonds. The van der Waals surface area contributed by atoms with E-state index < -0.39 is 0 Å². The number of anilines is 2. The number of methoxy groups -OCH3 is 1. The summed E-state index contributed by atoms with van der Waals surface area (Å²) in [5.74, 6) is 1.14. The van der Waals surface area contributed by atoms with Gasteiger partial charge in [-0.15, -0.1) is 0 Å². The minimum absolute atomic E-state index is 0.441. The quantitative estimate of drug-likeness (QED) is 0.850. The van der Waals surface area contributed by atoms with Crippen LogP contribution in [0.3, 0.4) is 0 Å². The van der Waals surface area contributed by atoms with Crippen molar-refractivity contribution in [3.05, 3.63) is 6.33 Å². The van der Waals surface area contributed by atoms with E-state index in [1.165, 1.54) is 38.7 Å². The van der Waals surface area contributed by atoms with Crippen molar-refractivity contribution >= 4 is 11.5 Å². The van der Waals surface area contributed by atoms with Gasteiger partial charge in [0.15, 0.2) is 5.82 Å². The molecule has 6 nitrogen and oxygen atoms in total. The molecular formula is C13H21N5O. The summed E-state index contributed by atoms with van der Waals surface area (Å²) in [5.41, 5.74) is 6.49. The number of ether oxygens (including phenoxy) is 1. The summed E-state index contributed by atoms with van der Waals surface area (Å²) in [6, 6.07) is 1.18. The number of aromatic nitrogens is 2. The summed E-state index contributed by atoms with van der Waals surface area (Å²) in [6.07, 6.45) is 6.46. The van der Waals surface area contributed by atoms with Crippen molar-refractivity contribution in [1.29, 1.82) is 0 Å². The molecule has 0 bridgehead atoms. The van der Waals surface area contributed by atoms with E-state index >= 15 is 0 Å². The molecule has 2 aliphatic rings. The van der Waals surface area contributed by atoms with Crippen LogP contribution >= 0.6 is 0 Å². The Bertz CT molecular complexity index is 453. The molecule has 0 aliphatic carbocycles. The number of hydrogen-bond acceptors (Lipinski definition) is 6. The van der Waals surface area contributed by atoms with E-state index in [4.69, 9.17) is 10.5 Å². The first-order chi connectivity index (χ1) is 9.28. The third kappa shape index (κ3) is 2.45. The molecule has 6 heteroatoms. The molecule has 1 aromatic heterocycles. The van der Waals surface area contributed by atoms with Gasteiger partial charge < -0.3 is 20.7 Å². The Hall–Kier alpha value is -1.56. The highest BCUT2D eigenvalue weighted by atomic mass is 16.5. The molecular weight excluding hydrogens is 242 g/mol. The number of piperidine rings is 1. The van der Waals surface area contributed by atoms with Crippen LogP contribution in [0.1, 0.15) is 25.7 Å². The summed E-state index contributed by atoms with van der Waals surface area (Å²) in [7, 11) is 1.57. The molecule has 19 heavy (non-hydrogen) atoms. The molecule has 2 unspecified atom stereocenters. The molecule has 2 fully saturated rings. The van der Waals surface area contributed by atoms with Gasteiger partial charge in [0.05, 0.1) is 7.11 Å². The summed E-state index contributed by atoms with van der Waals surface area (Å²) in [6.45, 7) is 2.44. The molecule has 104 valence electrons. The lowest BCUT2D eigenvalue weighted by Gasteiger charge is -2.35. The lowest BCUT2D eigenvalue weighted by molar-refractivity contribution is 0.188. The van der Waals surface area contributed by atoms with Crippen molar-refractivity contribution in [3.63, 3.8) is 0 Å². The molecule has 3 N–H and O–H groups in total. The molecule has 0 aromatic carbocycles. The first kappa shape index (κ1) is 12.5. The van der Waals surface area contributed by atoms with Gasteiger partial charge >= 0.3 is 0 Å². The Kier molecular flexibility index (Phi) is 3.42. The van der Waals surface area contributed by atoms with Gasteiger partial charge in [0.1, 0.15) is 12.0 Å². The van der Waals surface area contributed by atoms with Gasteiger partial charge in [-0.3, -0.25) is 0 Å². The predicted octanol–water partition coefficient (Wildman–Crippen LogP) is 1.11. The molecule has 3 heterocycles. The normalized spacial score (nSPS) is 27.0. The molecule has 2 aliphatic heterocycles. The topological polar surface area (TPSA) is 76.3 Å². The summed E-state index contributed by atoms with van der Waals surface area (Å²) >= 11 is 0. The van der Waals surface area contributed by atoms with Gasteiger partial charge in [-0.1, -0.05) is 0 Å². The Morgan fingerprint density at radius 1 is 1.37 bits per heavy atom.